The molecule has 1 aromatic heterocycles. The van der Waals surface area contributed by atoms with E-state index < -0.39 is 0 Å². The third-order valence-electron chi connectivity index (χ3n) is 3.49. The van der Waals surface area contributed by atoms with Crippen molar-refractivity contribution in [2.24, 2.45) is 0 Å². The first-order valence-electron chi connectivity index (χ1n) is 7.25. The first-order valence-corrected chi connectivity index (χ1v) is 7.62. The molecule has 6 heteroatoms. The third-order valence-corrected chi connectivity index (χ3v) is 3.74. The van der Waals surface area contributed by atoms with Crippen LogP contribution in [0.4, 0.5) is 5.69 Å². The van der Waals surface area contributed by atoms with Gasteiger partial charge in [-0.1, -0.05) is 11.6 Å². The van der Waals surface area contributed by atoms with Crippen LogP contribution in [0.25, 0.3) is 0 Å². The SMILES string of the molecule is CCn1ncc(CN(C)CC(=O)Nc2ccc(Cl)cc2)c1C. The molecule has 0 saturated carbocycles. The largest absolute Gasteiger partial charge is 0.325 e. The van der Waals surface area contributed by atoms with Crippen molar-refractivity contribution in [2.45, 2.75) is 26.9 Å². The van der Waals surface area contributed by atoms with E-state index in [1.807, 2.05) is 29.7 Å². The molecule has 2 rings (SSSR count). The summed E-state index contributed by atoms with van der Waals surface area (Å²) < 4.78 is 1.96. The average molecular weight is 321 g/mol. The van der Waals surface area contributed by atoms with Crippen LogP contribution in [0, 0.1) is 6.92 Å². The van der Waals surface area contributed by atoms with Crippen molar-refractivity contribution in [3.8, 4) is 0 Å². The van der Waals surface area contributed by atoms with Crippen molar-refractivity contribution in [1.82, 2.24) is 14.7 Å². The van der Waals surface area contributed by atoms with Gasteiger partial charge in [-0.15, -0.1) is 0 Å². The second-order valence-electron chi connectivity index (χ2n) is 5.30. The van der Waals surface area contributed by atoms with E-state index in [1.165, 1.54) is 0 Å². The standard InChI is InChI=1S/C16H21ClN4O/c1-4-21-12(2)13(9-18-21)10-20(3)11-16(22)19-15-7-5-14(17)6-8-15/h5-9H,4,10-11H2,1-3H3,(H,19,22). The lowest BCUT2D eigenvalue weighted by Gasteiger charge is -2.16. The summed E-state index contributed by atoms with van der Waals surface area (Å²) in [6.07, 6.45) is 1.87. The molecule has 22 heavy (non-hydrogen) atoms. The zero-order chi connectivity index (χ0) is 16.1. The van der Waals surface area contributed by atoms with E-state index in [-0.39, 0.29) is 5.91 Å². The highest BCUT2D eigenvalue weighted by Gasteiger charge is 2.11. The number of rotatable bonds is 6. The zero-order valence-corrected chi connectivity index (χ0v) is 13.9. The van der Waals surface area contributed by atoms with Crippen molar-refractivity contribution in [2.75, 3.05) is 18.9 Å². The van der Waals surface area contributed by atoms with Gasteiger partial charge in [0.15, 0.2) is 0 Å². The van der Waals surface area contributed by atoms with E-state index in [0.29, 0.717) is 18.1 Å². The maximum Gasteiger partial charge on any atom is 0.238 e. The number of aryl methyl sites for hydroxylation is 1. The number of amides is 1. The minimum atomic E-state index is -0.0506. The molecule has 1 amide bonds. The summed E-state index contributed by atoms with van der Waals surface area (Å²) in [7, 11) is 1.92. The highest BCUT2D eigenvalue weighted by atomic mass is 35.5. The minimum Gasteiger partial charge on any atom is -0.325 e. The number of hydrogen-bond donors (Lipinski definition) is 1. The highest BCUT2D eigenvalue weighted by Crippen LogP contribution is 2.13. The van der Waals surface area contributed by atoms with E-state index >= 15 is 0 Å². The molecule has 0 radical (unpaired) electrons. The lowest BCUT2D eigenvalue weighted by molar-refractivity contribution is -0.117. The van der Waals surface area contributed by atoms with Crippen LogP contribution in [0.5, 0.6) is 0 Å². The molecule has 118 valence electrons. The van der Waals surface area contributed by atoms with Gasteiger partial charge in [0.25, 0.3) is 0 Å². The van der Waals surface area contributed by atoms with Gasteiger partial charge in [0.2, 0.25) is 5.91 Å². The molecule has 0 aliphatic carbocycles. The number of halogens is 1. The van der Waals surface area contributed by atoms with Crippen LogP contribution in [0.2, 0.25) is 5.02 Å². The maximum absolute atomic E-state index is 12.0. The molecule has 0 saturated heterocycles. The fourth-order valence-corrected chi connectivity index (χ4v) is 2.41. The van der Waals surface area contributed by atoms with E-state index in [0.717, 1.165) is 23.5 Å². The van der Waals surface area contributed by atoms with Gasteiger partial charge < -0.3 is 5.32 Å². The summed E-state index contributed by atoms with van der Waals surface area (Å²) >= 11 is 5.82. The smallest absolute Gasteiger partial charge is 0.238 e. The Morgan fingerprint density at radius 2 is 2.05 bits per heavy atom. The summed E-state index contributed by atoms with van der Waals surface area (Å²) in [5.74, 6) is -0.0506. The third kappa shape index (κ3) is 4.32. The molecule has 1 N–H and O–H groups in total. The van der Waals surface area contributed by atoms with Crippen molar-refractivity contribution in [3.05, 3.63) is 46.7 Å². The van der Waals surface area contributed by atoms with Gasteiger partial charge >= 0.3 is 0 Å². The molecule has 0 unspecified atom stereocenters. The van der Waals surface area contributed by atoms with Crippen LogP contribution in [-0.2, 0) is 17.9 Å². The van der Waals surface area contributed by atoms with E-state index in [9.17, 15) is 4.79 Å². The Balaban J connectivity index is 1.88. The quantitative estimate of drug-likeness (QED) is 0.890. The first-order chi connectivity index (χ1) is 10.5. The molecule has 1 aromatic carbocycles. The molecule has 0 atom stereocenters. The summed E-state index contributed by atoms with van der Waals surface area (Å²) in [5, 5.41) is 7.83. The number of carbonyl (C=O) groups excluding carboxylic acids is 1. The van der Waals surface area contributed by atoms with Gasteiger partial charge in [-0.05, 0) is 45.2 Å². The zero-order valence-electron chi connectivity index (χ0n) is 13.1. The summed E-state index contributed by atoms with van der Waals surface area (Å²) in [6.45, 7) is 5.98. The Bertz CT molecular complexity index is 636. The Hall–Kier alpha value is -1.85. The maximum atomic E-state index is 12.0. The molecule has 5 nitrogen and oxygen atoms in total. The molecule has 0 fully saturated rings. The minimum absolute atomic E-state index is 0.0506. The van der Waals surface area contributed by atoms with Crippen LogP contribution in [-0.4, -0.2) is 34.2 Å². The predicted octanol–water partition coefficient (Wildman–Crippen LogP) is 2.94. The van der Waals surface area contributed by atoms with Gasteiger partial charge in [0.05, 0.1) is 12.7 Å². The molecular formula is C16H21ClN4O. The summed E-state index contributed by atoms with van der Waals surface area (Å²) in [5.41, 5.74) is 3.04. The average Bonchev–Trinajstić information content (AvgIpc) is 2.82. The highest BCUT2D eigenvalue weighted by molar-refractivity contribution is 6.30. The van der Waals surface area contributed by atoms with Gasteiger partial charge in [0, 0.05) is 35.1 Å². The van der Waals surface area contributed by atoms with E-state index in [1.54, 1.807) is 24.3 Å². The van der Waals surface area contributed by atoms with Gasteiger partial charge in [-0.2, -0.15) is 5.10 Å². The number of hydrogen-bond acceptors (Lipinski definition) is 3. The molecule has 1 heterocycles. The molecule has 2 aromatic rings. The Kier molecular flexibility index (Phi) is 5.57. The number of anilines is 1. The predicted molar refractivity (Wildman–Crippen MR) is 89.1 cm³/mol. The summed E-state index contributed by atoms with van der Waals surface area (Å²) in [4.78, 5) is 14.0. The Morgan fingerprint density at radius 3 is 2.64 bits per heavy atom. The van der Waals surface area contributed by atoms with Crippen molar-refractivity contribution >= 4 is 23.2 Å². The second kappa shape index (κ2) is 7.42. The van der Waals surface area contributed by atoms with Crippen LogP contribution >= 0.6 is 11.6 Å². The number of carbonyl (C=O) groups is 1. The molecule has 0 aliphatic heterocycles. The van der Waals surface area contributed by atoms with Crippen LogP contribution in [0.1, 0.15) is 18.2 Å². The molecular weight excluding hydrogens is 300 g/mol. The van der Waals surface area contributed by atoms with Gasteiger partial charge in [0.1, 0.15) is 0 Å². The van der Waals surface area contributed by atoms with Crippen molar-refractivity contribution in [3.63, 3.8) is 0 Å². The topological polar surface area (TPSA) is 50.2 Å². The first kappa shape index (κ1) is 16.5. The summed E-state index contributed by atoms with van der Waals surface area (Å²) in [6, 6.07) is 7.08. The lowest BCUT2D eigenvalue weighted by atomic mass is 10.2. The van der Waals surface area contributed by atoms with Crippen LogP contribution in [0.3, 0.4) is 0 Å². The number of aromatic nitrogens is 2. The van der Waals surface area contributed by atoms with Crippen molar-refractivity contribution in [1.29, 1.82) is 0 Å². The molecule has 0 aliphatic rings. The van der Waals surface area contributed by atoms with E-state index in [2.05, 4.69) is 17.3 Å². The lowest BCUT2D eigenvalue weighted by Crippen LogP contribution is -2.30. The monoisotopic (exact) mass is 320 g/mol. The van der Waals surface area contributed by atoms with Gasteiger partial charge in [-0.25, -0.2) is 0 Å². The van der Waals surface area contributed by atoms with Gasteiger partial charge in [-0.3, -0.25) is 14.4 Å². The second-order valence-corrected chi connectivity index (χ2v) is 5.73. The Labute approximate surface area is 135 Å². The Morgan fingerprint density at radius 1 is 1.36 bits per heavy atom. The van der Waals surface area contributed by atoms with E-state index in [4.69, 9.17) is 11.6 Å². The molecule has 0 spiro atoms. The number of benzene rings is 1. The molecule has 0 bridgehead atoms. The number of nitrogens with zero attached hydrogens (tertiary/aromatic N) is 3. The van der Waals surface area contributed by atoms with Crippen LogP contribution < -0.4 is 5.32 Å². The normalized spacial score (nSPS) is 11.0. The van der Waals surface area contributed by atoms with Crippen molar-refractivity contribution < 1.29 is 4.79 Å². The fourth-order valence-electron chi connectivity index (χ4n) is 2.28. The fraction of sp³-hybridized carbons (Fsp3) is 0.375. The number of likely N-dealkylation sites (N-methyl/N-ethyl adjacent to an activating group) is 1. The van der Waals surface area contributed by atoms with Crippen LogP contribution in [0.15, 0.2) is 30.5 Å². The number of nitrogens with one attached hydrogen (secondary N) is 1.